The Balaban J connectivity index is 4.48. The lowest BCUT2D eigenvalue weighted by Gasteiger charge is -2.18. The fourth-order valence-corrected chi connectivity index (χ4v) is 5.94. The first-order chi connectivity index (χ1) is 27.5. The summed E-state index contributed by atoms with van der Waals surface area (Å²) in [4.78, 5) is 37.7. The highest BCUT2D eigenvalue weighted by molar-refractivity contribution is 5.71. The van der Waals surface area contributed by atoms with Gasteiger partial charge in [0.15, 0.2) is 6.10 Å². The van der Waals surface area contributed by atoms with Crippen molar-refractivity contribution in [2.24, 2.45) is 0 Å². The van der Waals surface area contributed by atoms with E-state index in [0.717, 1.165) is 77.0 Å². The van der Waals surface area contributed by atoms with Crippen molar-refractivity contribution in [2.75, 3.05) is 13.2 Å². The van der Waals surface area contributed by atoms with E-state index in [-0.39, 0.29) is 44.0 Å². The number of esters is 3. The Labute approximate surface area is 344 Å². The molecule has 0 aromatic rings. The molecule has 0 rings (SSSR count). The summed E-state index contributed by atoms with van der Waals surface area (Å²) in [5, 5.41) is 0. The summed E-state index contributed by atoms with van der Waals surface area (Å²) in [7, 11) is 0. The standard InChI is InChI=1S/C50H84O6/c1-4-7-10-13-16-19-22-23-24-25-26-27-29-31-34-37-40-43-49(52)55-46-47(45-54-48(51)42-39-36-33-30-21-18-15-12-9-6-3)56-50(53)44-41-38-35-32-28-20-17-14-11-8-5-2/h14,16-17,19-20,23-24,26-28,31,34,47H,4-13,15,18,21-22,25,29-30,32-33,35-46H2,1-3H3/b17-14-,19-16-,24-23-,27-26-,28-20-,34-31-. The van der Waals surface area contributed by atoms with E-state index in [9.17, 15) is 14.4 Å². The average Bonchev–Trinajstić information content (AvgIpc) is 3.19. The summed E-state index contributed by atoms with van der Waals surface area (Å²) in [5.74, 6) is -0.997. The average molecular weight is 781 g/mol. The molecule has 0 N–H and O–H groups in total. The van der Waals surface area contributed by atoms with Crippen LogP contribution in [0.5, 0.6) is 0 Å². The molecule has 320 valence electrons. The van der Waals surface area contributed by atoms with Crippen LogP contribution >= 0.6 is 0 Å². The van der Waals surface area contributed by atoms with Gasteiger partial charge in [0.2, 0.25) is 0 Å². The quantitative estimate of drug-likeness (QED) is 0.0203. The van der Waals surface area contributed by atoms with Gasteiger partial charge in [-0.2, -0.15) is 0 Å². The Kier molecular flexibility index (Phi) is 42.1. The normalized spacial score (nSPS) is 12.7. The predicted octanol–water partition coefficient (Wildman–Crippen LogP) is 14.7. The summed E-state index contributed by atoms with van der Waals surface area (Å²) in [5.41, 5.74) is 0. The molecule has 0 saturated carbocycles. The number of hydrogen-bond donors (Lipinski definition) is 0. The summed E-state index contributed by atoms with van der Waals surface area (Å²) >= 11 is 0. The topological polar surface area (TPSA) is 78.9 Å². The van der Waals surface area contributed by atoms with Gasteiger partial charge in [0.05, 0.1) is 0 Å². The van der Waals surface area contributed by atoms with Crippen LogP contribution < -0.4 is 0 Å². The zero-order chi connectivity index (χ0) is 40.8. The maximum atomic E-state index is 12.7. The molecule has 0 aliphatic heterocycles. The van der Waals surface area contributed by atoms with E-state index in [2.05, 4.69) is 93.7 Å². The van der Waals surface area contributed by atoms with E-state index < -0.39 is 6.10 Å². The summed E-state index contributed by atoms with van der Waals surface area (Å²) in [6.45, 7) is 6.45. The van der Waals surface area contributed by atoms with E-state index >= 15 is 0 Å². The van der Waals surface area contributed by atoms with Gasteiger partial charge in [-0.1, -0.05) is 184 Å². The molecule has 0 aromatic carbocycles. The second kappa shape index (κ2) is 44.6. The lowest BCUT2D eigenvalue weighted by atomic mass is 10.1. The zero-order valence-electron chi connectivity index (χ0n) is 36.4. The first-order valence-corrected chi connectivity index (χ1v) is 23.0. The fraction of sp³-hybridized carbons (Fsp3) is 0.700. The molecule has 1 unspecified atom stereocenters. The van der Waals surface area contributed by atoms with Crippen LogP contribution in [0.25, 0.3) is 0 Å². The van der Waals surface area contributed by atoms with Gasteiger partial charge in [-0.25, -0.2) is 0 Å². The van der Waals surface area contributed by atoms with Crippen LogP contribution in [0.4, 0.5) is 0 Å². The van der Waals surface area contributed by atoms with Crippen LogP contribution in [0.15, 0.2) is 72.9 Å². The highest BCUT2D eigenvalue weighted by atomic mass is 16.6. The number of hydrogen-bond acceptors (Lipinski definition) is 6. The van der Waals surface area contributed by atoms with Crippen molar-refractivity contribution in [3.05, 3.63) is 72.9 Å². The second-order valence-corrected chi connectivity index (χ2v) is 15.0. The summed E-state index contributed by atoms with van der Waals surface area (Å²) in [6, 6.07) is 0. The Morgan fingerprint density at radius 2 is 0.732 bits per heavy atom. The van der Waals surface area contributed by atoms with E-state index in [1.54, 1.807) is 0 Å². The van der Waals surface area contributed by atoms with Crippen molar-refractivity contribution in [3.8, 4) is 0 Å². The summed E-state index contributed by atoms with van der Waals surface area (Å²) in [6.07, 6.45) is 54.6. The van der Waals surface area contributed by atoms with Crippen molar-refractivity contribution < 1.29 is 28.6 Å². The molecule has 0 saturated heterocycles. The van der Waals surface area contributed by atoms with Crippen molar-refractivity contribution in [1.29, 1.82) is 0 Å². The van der Waals surface area contributed by atoms with Crippen molar-refractivity contribution in [3.63, 3.8) is 0 Å². The van der Waals surface area contributed by atoms with Crippen LogP contribution in [-0.4, -0.2) is 37.2 Å². The molecular formula is C50H84O6. The Hall–Kier alpha value is -3.15. The van der Waals surface area contributed by atoms with E-state index in [0.29, 0.717) is 12.8 Å². The molecule has 0 fully saturated rings. The molecular weight excluding hydrogens is 697 g/mol. The molecule has 0 heterocycles. The van der Waals surface area contributed by atoms with Gasteiger partial charge < -0.3 is 14.2 Å². The molecule has 0 spiro atoms. The molecule has 6 heteroatoms. The van der Waals surface area contributed by atoms with Gasteiger partial charge >= 0.3 is 17.9 Å². The maximum absolute atomic E-state index is 12.7. The number of carbonyl (C=O) groups is 3. The number of rotatable bonds is 40. The van der Waals surface area contributed by atoms with E-state index in [4.69, 9.17) is 14.2 Å². The number of unbranched alkanes of at least 4 members (excludes halogenated alkanes) is 18. The van der Waals surface area contributed by atoms with E-state index in [1.807, 2.05) is 0 Å². The maximum Gasteiger partial charge on any atom is 0.306 e. The monoisotopic (exact) mass is 781 g/mol. The molecule has 56 heavy (non-hydrogen) atoms. The van der Waals surface area contributed by atoms with Gasteiger partial charge in [0.1, 0.15) is 13.2 Å². The van der Waals surface area contributed by atoms with Gasteiger partial charge in [0.25, 0.3) is 0 Å². The molecule has 0 aromatic heterocycles. The van der Waals surface area contributed by atoms with Gasteiger partial charge in [-0.15, -0.1) is 0 Å². The van der Waals surface area contributed by atoms with Crippen molar-refractivity contribution in [2.45, 2.75) is 213 Å². The minimum atomic E-state index is -0.806. The Morgan fingerprint density at radius 1 is 0.375 bits per heavy atom. The minimum absolute atomic E-state index is 0.103. The van der Waals surface area contributed by atoms with E-state index in [1.165, 1.54) is 83.5 Å². The van der Waals surface area contributed by atoms with Crippen LogP contribution in [0.2, 0.25) is 0 Å². The molecule has 0 amide bonds. The lowest BCUT2D eigenvalue weighted by Crippen LogP contribution is -2.30. The first-order valence-electron chi connectivity index (χ1n) is 23.0. The molecule has 0 bridgehead atoms. The lowest BCUT2D eigenvalue weighted by molar-refractivity contribution is -0.167. The van der Waals surface area contributed by atoms with Crippen LogP contribution in [-0.2, 0) is 28.6 Å². The third kappa shape index (κ3) is 42.0. The number of carbonyl (C=O) groups excluding carboxylic acids is 3. The molecule has 0 aliphatic carbocycles. The largest absolute Gasteiger partial charge is 0.462 e. The smallest absolute Gasteiger partial charge is 0.306 e. The molecule has 0 radical (unpaired) electrons. The predicted molar refractivity (Wildman–Crippen MR) is 238 cm³/mol. The van der Waals surface area contributed by atoms with Crippen LogP contribution in [0, 0.1) is 0 Å². The Morgan fingerprint density at radius 3 is 1.27 bits per heavy atom. The molecule has 0 aliphatic rings. The van der Waals surface area contributed by atoms with Crippen LogP contribution in [0.3, 0.4) is 0 Å². The molecule has 1 atom stereocenters. The highest BCUT2D eigenvalue weighted by Crippen LogP contribution is 2.13. The third-order valence-corrected chi connectivity index (χ3v) is 9.46. The van der Waals surface area contributed by atoms with Gasteiger partial charge in [0, 0.05) is 19.3 Å². The fourth-order valence-electron chi connectivity index (χ4n) is 5.94. The highest BCUT2D eigenvalue weighted by Gasteiger charge is 2.19. The van der Waals surface area contributed by atoms with Gasteiger partial charge in [-0.3, -0.25) is 14.4 Å². The van der Waals surface area contributed by atoms with Crippen molar-refractivity contribution >= 4 is 17.9 Å². The SMILES string of the molecule is CCCC/C=C\C=C/CCCCCC(=O)OC(COC(=O)CCC/C=C\C/C=C\C/C=C\C/C=C\CCCCC)COC(=O)CCCCCCCCCCCC. The van der Waals surface area contributed by atoms with Gasteiger partial charge in [-0.05, 0) is 77.0 Å². The van der Waals surface area contributed by atoms with Crippen molar-refractivity contribution in [1.82, 2.24) is 0 Å². The van der Waals surface area contributed by atoms with Crippen LogP contribution in [0.1, 0.15) is 207 Å². The number of ether oxygens (including phenoxy) is 3. The third-order valence-electron chi connectivity index (χ3n) is 9.46. The first kappa shape index (κ1) is 52.9. The second-order valence-electron chi connectivity index (χ2n) is 15.0. The number of allylic oxidation sites excluding steroid dienone is 12. The minimum Gasteiger partial charge on any atom is -0.462 e. The molecule has 6 nitrogen and oxygen atoms in total. The Bertz CT molecular complexity index is 1080. The zero-order valence-corrected chi connectivity index (χ0v) is 36.4. The summed E-state index contributed by atoms with van der Waals surface area (Å²) < 4.78 is 16.6.